The Morgan fingerprint density at radius 3 is 2.35 bits per heavy atom. The zero-order chi connectivity index (χ0) is 13.3. The van der Waals surface area contributed by atoms with Crippen LogP contribution in [0.15, 0.2) is 0 Å². The van der Waals surface area contributed by atoms with Crippen molar-refractivity contribution in [2.24, 2.45) is 5.92 Å². The molecule has 2 amide bonds. The van der Waals surface area contributed by atoms with Crippen molar-refractivity contribution in [1.29, 1.82) is 0 Å². The highest BCUT2D eigenvalue weighted by molar-refractivity contribution is 5.75. The summed E-state index contributed by atoms with van der Waals surface area (Å²) in [6.07, 6.45) is 3.15. The van der Waals surface area contributed by atoms with Gasteiger partial charge in [0.1, 0.15) is 0 Å². The fourth-order valence-corrected chi connectivity index (χ4v) is 1.46. The zero-order valence-corrected chi connectivity index (χ0v) is 11.0. The largest absolute Gasteiger partial charge is 0.481 e. The van der Waals surface area contributed by atoms with E-state index in [1.54, 1.807) is 0 Å². The molecular weight excluding hydrogens is 220 g/mol. The summed E-state index contributed by atoms with van der Waals surface area (Å²) in [5, 5.41) is 13.7. The SMILES string of the molecule is CC(C)CCCC(C)NC(=O)NCCC(=O)O. The number of nitrogens with one attached hydrogen (secondary N) is 2. The quantitative estimate of drug-likeness (QED) is 0.611. The molecule has 0 spiro atoms. The Bertz CT molecular complexity index is 242. The Balaban J connectivity index is 3.55. The van der Waals surface area contributed by atoms with Gasteiger partial charge in [-0.2, -0.15) is 0 Å². The van der Waals surface area contributed by atoms with Crippen molar-refractivity contribution in [3.8, 4) is 0 Å². The minimum absolute atomic E-state index is 0.0465. The number of aliphatic carboxylic acids is 1. The average molecular weight is 244 g/mol. The number of urea groups is 1. The molecule has 3 N–H and O–H groups in total. The predicted molar refractivity (Wildman–Crippen MR) is 66.9 cm³/mol. The van der Waals surface area contributed by atoms with Crippen molar-refractivity contribution in [2.45, 2.75) is 52.5 Å². The van der Waals surface area contributed by atoms with Crippen LogP contribution in [0.5, 0.6) is 0 Å². The zero-order valence-electron chi connectivity index (χ0n) is 11.0. The Hall–Kier alpha value is -1.26. The van der Waals surface area contributed by atoms with Crippen LogP contribution in [0.2, 0.25) is 0 Å². The average Bonchev–Trinajstić information content (AvgIpc) is 2.15. The number of carboxylic acids is 1. The first kappa shape index (κ1) is 15.7. The fraction of sp³-hybridized carbons (Fsp3) is 0.833. The third-order valence-electron chi connectivity index (χ3n) is 2.42. The van der Waals surface area contributed by atoms with Gasteiger partial charge in [-0.3, -0.25) is 4.79 Å². The van der Waals surface area contributed by atoms with Gasteiger partial charge in [0.2, 0.25) is 0 Å². The molecule has 0 radical (unpaired) electrons. The highest BCUT2D eigenvalue weighted by Gasteiger charge is 2.07. The summed E-state index contributed by atoms with van der Waals surface area (Å²) in [6.45, 7) is 6.48. The summed E-state index contributed by atoms with van der Waals surface area (Å²) >= 11 is 0. The fourth-order valence-electron chi connectivity index (χ4n) is 1.46. The van der Waals surface area contributed by atoms with E-state index in [4.69, 9.17) is 5.11 Å². The van der Waals surface area contributed by atoms with E-state index in [-0.39, 0.29) is 25.0 Å². The molecule has 100 valence electrons. The second-order valence-electron chi connectivity index (χ2n) is 4.77. The summed E-state index contributed by atoms with van der Waals surface area (Å²) in [5.41, 5.74) is 0. The third kappa shape index (κ3) is 11.0. The first-order valence-corrected chi connectivity index (χ1v) is 6.18. The molecule has 0 fully saturated rings. The maximum absolute atomic E-state index is 11.3. The van der Waals surface area contributed by atoms with Gasteiger partial charge in [-0.05, 0) is 19.3 Å². The molecule has 0 saturated heterocycles. The van der Waals surface area contributed by atoms with Crippen molar-refractivity contribution < 1.29 is 14.7 Å². The number of amides is 2. The van der Waals surface area contributed by atoms with Crippen LogP contribution < -0.4 is 10.6 Å². The summed E-state index contributed by atoms with van der Waals surface area (Å²) < 4.78 is 0. The highest BCUT2D eigenvalue weighted by Crippen LogP contribution is 2.07. The lowest BCUT2D eigenvalue weighted by Gasteiger charge is -2.14. The van der Waals surface area contributed by atoms with Crippen molar-refractivity contribution in [3.63, 3.8) is 0 Å². The number of hydrogen-bond donors (Lipinski definition) is 3. The standard InChI is InChI=1S/C12H24N2O3/c1-9(2)5-4-6-10(3)14-12(17)13-8-7-11(15)16/h9-10H,4-8H2,1-3H3,(H,15,16)(H2,13,14,17). The normalized spacial score (nSPS) is 12.2. The lowest BCUT2D eigenvalue weighted by atomic mass is 10.0. The molecule has 0 aromatic rings. The third-order valence-corrected chi connectivity index (χ3v) is 2.42. The highest BCUT2D eigenvalue weighted by atomic mass is 16.4. The van der Waals surface area contributed by atoms with Crippen LogP contribution >= 0.6 is 0 Å². The van der Waals surface area contributed by atoms with Crippen molar-refractivity contribution in [2.75, 3.05) is 6.54 Å². The van der Waals surface area contributed by atoms with Crippen LogP contribution in [0.4, 0.5) is 4.79 Å². The molecule has 0 aliphatic rings. The van der Waals surface area contributed by atoms with E-state index in [1.165, 1.54) is 0 Å². The van der Waals surface area contributed by atoms with Gasteiger partial charge >= 0.3 is 12.0 Å². The van der Waals surface area contributed by atoms with E-state index < -0.39 is 5.97 Å². The first-order valence-electron chi connectivity index (χ1n) is 6.18. The van der Waals surface area contributed by atoms with Gasteiger partial charge in [0.15, 0.2) is 0 Å². The van der Waals surface area contributed by atoms with Crippen LogP contribution in [0, 0.1) is 5.92 Å². The molecule has 0 aliphatic heterocycles. The molecule has 1 unspecified atom stereocenters. The topological polar surface area (TPSA) is 78.4 Å². The Labute approximate surface area is 103 Å². The van der Waals surface area contributed by atoms with Crippen LogP contribution in [0.3, 0.4) is 0 Å². The molecule has 0 bridgehead atoms. The number of carbonyl (C=O) groups is 2. The molecule has 0 aromatic heterocycles. The number of rotatable bonds is 8. The second kappa shape index (κ2) is 8.84. The summed E-state index contributed by atoms with van der Waals surface area (Å²) in [7, 11) is 0. The molecule has 0 heterocycles. The van der Waals surface area contributed by atoms with E-state index in [9.17, 15) is 9.59 Å². The predicted octanol–water partition coefficient (Wildman–Crippen LogP) is 1.98. The number of carbonyl (C=O) groups excluding carboxylic acids is 1. The maximum Gasteiger partial charge on any atom is 0.315 e. The number of carboxylic acid groups (broad SMARTS) is 1. The second-order valence-corrected chi connectivity index (χ2v) is 4.77. The van der Waals surface area contributed by atoms with Gasteiger partial charge in [-0.1, -0.05) is 26.7 Å². The molecule has 0 saturated carbocycles. The lowest BCUT2D eigenvalue weighted by Crippen LogP contribution is -2.41. The molecule has 0 rings (SSSR count). The summed E-state index contributed by atoms with van der Waals surface area (Å²) in [6, 6.07) is -0.165. The molecule has 0 aromatic carbocycles. The molecular formula is C12H24N2O3. The van der Waals surface area contributed by atoms with E-state index in [0.29, 0.717) is 5.92 Å². The minimum Gasteiger partial charge on any atom is -0.481 e. The molecule has 17 heavy (non-hydrogen) atoms. The molecule has 5 heteroatoms. The van der Waals surface area contributed by atoms with E-state index in [0.717, 1.165) is 19.3 Å². The monoisotopic (exact) mass is 244 g/mol. The van der Waals surface area contributed by atoms with Crippen LogP contribution in [0.25, 0.3) is 0 Å². The molecule has 5 nitrogen and oxygen atoms in total. The Morgan fingerprint density at radius 1 is 1.18 bits per heavy atom. The maximum atomic E-state index is 11.3. The van der Waals surface area contributed by atoms with Gasteiger partial charge in [0.05, 0.1) is 6.42 Å². The molecule has 0 aliphatic carbocycles. The lowest BCUT2D eigenvalue weighted by molar-refractivity contribution is -0.136. The van der Waals surface area contributed by atoms with E-state index >= 15 is 0 Å². The summed E-state index contributed by atoms with van der Waals surface area (Å²) in [4.78, 5) is 21.6. The van der Waals surface area contributed by atoms with E-state index in [1.807, 2.05) is 6.92 Å². The van der Waals surface area contributed by atoms with Crippen LogP contribution in [-0.4, -0.2) is 29.7 Å². The van der Waals surface area contributed by atoms with Gasteiger partial charge in [-0.25, -0.2) is 4.79 Å². The molecule has 1 atom stereocenters. The van der Waals surface area contributed by atoms with Crippen LogP contribution in [0.1, 0.15) is 46.5 Å². The van der Waals surface area contributed by atoms with E-state index in [2.05, 4.69) is 24.5 Å². The van der Waals surface area contributed by atoms with Gasteiger partial charge < -0.3 is 15.7 Å². The van der Waals surface area contributed by atoms with Gasteiger partial charge in [0, 0.05) is 12.6 Å². The van der Waals surface area contributed by atoms with Crippen molar-refractivity contribution in [3.05, 3.63) is 0 Å². The van der Waals surface area contributed by atoms with Crippen molar-refractivity contribution >= 4 is 12.0 Å². The minimum atomic E-state index is -0.907. The Morgan fingerprint density at radius 2 is 1.82 bits per heavy atom. The summed E-state index contributed by atoms with van der Waals surface area (Å²) in [5.74, 6) is -0.220. The van der Waals surface area contributed by atoms with Crippen molar-refractivity contribution in [1.82, 2.24) is 10.6 Å². The van der Waals surface area contributed by atoms with Gasteiger partial charge in [0.25, 0.3) is 0 Å². The smallest absolute Gasteiger partial charge is 0.315 e. The first-order chi connectivity index (χ1) is 7.91. The Kier molecular flexibility index (Phi) is 8.19. The van der Waals surface area contributed by atoms with Crippen LogP contribution in [-0.2, 0) is 4.79 Å². The van der Waals surface area contributed by atoms with Gasteiger partial charge in [-0.15, -0.1) is 0 Å². The number of hydrogen-bond acceptors (Lipinski definition) is 2.